The maximum Gasteiger partial charge on any atom is 0.416 e. The lowest BCUT2D eigenvalue weighted by molar-refractivity contribution is -0.137. The van der Waals surface area contributed by atoms with E-state index in [1.165, 1.54) is 13.2 Å². The van der Waals surface area contributed by atoms with Crippen LogP contribution in [0.15, 0.2) is 34.3 Å². The van der Waals surface area contributed by atoms with Crippen molar-refractivity contribution >= 4 is 27.6 Å². The molecule has 0 unspecified atom stereocenters. The van der Waals surface area contributed by atoms with E-state index in [1.807, 2.05) is 0 Å². The fourth-order valence-corrected chi connectivity index (χ4v) is 1.78. The average Bonchev–Trinajstić information content (AvgIpc) is 2.38. The van der Waals surface area contributed by atoms with E-state index in [0.717, 1.165) is 12.1 Å². The zero-order valence-electron chi connectivity index (χ0n) is 10.8. The van der Waals surface area contributed by atoms with Crippen molar-refractivity contribution in [3.63, 3.8) is 0 Å². The summed E-state index contributed by atoms with van der Waals surface area (Å²) in [7, 11) is 1.26. The van der Waals surface area contributed by atoms with E-state index in [0.29, 0.717) is 15.7 Å². The van der Waals surface area contributed by atoms with Crippen molar-refractivity contribution in [2.24, 2.45) is 0 Å². The molecule has 1 aromatic carbocycles. The monoisotopic (exact) mass is 351 g/mol. The number of carbonyl (C=O) groups is 1. The lowest BCUT2D eigenvalue weighted by Crippen LogP contribution is -2.08. The molecule has 7 heteroatoms. The molecule has 1 rings (SSSR count). The minimum absolute atomic E-state index is 0.209. The molecule has 0 aliphatic rings. The Balaban J connectivity index is 2.81. The largest absolute Gasteiger partial charge is 0.466 e. The maximum atomic E-state index is 12.6. The fourth-order valence-electron chi connectivity index (χ4n) is 1.40. The third-order valence-corrected chi connectivity index (χ3v) is 3.19. The van der Waals surface area contributed by atoms with Crippen LogP contribution in [0.1, 0.15) is 12.5 Å². The number of hydrogen-bond donors (Lipinski definition) is 1. The summed E-state index contributed by atoms with van der Waals surface area (Å²) in [6.45, 7) is 1.77. The summed E-state index contributed by atoms with van der Waals surface area (Å²) in [5.74, 6) is -0.477. The van der Waals surface area contributed by atoms with Crippen LogP contribution in [0.3, 0.4) is 0 Å². The minimum Gasteiger partial charge on any atom is -0.466 e. The Morgan fingerprint density at radius 1 is 1.45 bits per heavy atom. The molecule has 3 nitrogen and oxygen atoms in total. The maximum absolute atomic E-state index is 12.6. The molecule has 0 saturated carbocycles. The third-order valence-electron chi connectivity index (χ3n) is 2.50. The normalized spacial score (nSPS) is 12.2. The molecule has 0 bridgehead atoms. The Morgan fingerprint density at radius 2 is 2.10 bits per heavy atom. The van der Waals surface area contributed by atoms with Gasteiger partial charge in [0.05, 0.1) is 12.7 Å². The van der Waals surface area contributed by atoms with Crippen molar-refractivity contribution in [2.45, 2.75) is 13.1 Å². The van der Waals surface area contributed by atoms with Crippen LogP contribution in [0.4, 0.5) is 18.9 Å². The summed E-state index contributed by atoms with van der Waals surface area (Å²) in [6.07, 6.45) is -2.85. The predicted molar refractivity (Wildman–Crippen MR) is 73.4 cm³/mol. The Hall–Kier alpha value is -1.50. The molecule has 0 saturated heterocycles. The van der Waals surface area contributed by atoms with E-state index in [1.54, 1.807) is 13.0 Å². The molecule has 1 aromatic rings. The summed E-state index contributed by atoms with van der Waals surface area (Å²) >= 11 is 3.16. The van der Waals surface area contributed by atoms with Crippen molar-refractivity contribution < 1.29 is 22.7 Å². The molecule has 0 amide bonds. The first kappa shape index (κ1) is 16.6. The average molecular weight is 352 g/mol. The Morgan fingerprint density at radius 3 is 2.65 bits per heavy atom. The minimum atomic E-state index is -4.39. The van der Waals surface area contributed by atoms with Gasteiger partial charge in [-0.25, -0.2) is 4.79 Å². The number of anilines is 1. The summed E-state index contributed by atoms with van der Waals surface area (Å²) < 4.78 is 42.8. The number of hydrogen-bond acceptors (Lipinski definition) is 3. The van der Waals surface area contributed by atoms with Crippen molar-refractivity contribution in [2.75, 3.05) is 19.0 Å². The van der Waals surface area contributed by atoms with E-state index in [2.05, 4.69) is 26.0 Å². The highest BCUT2D eigenvalue weighted by atomic mass is 79.9. The summed E-state index contributed by atoms with van der Waals surface area (Å²) in [5.41, 5.74) is -0.0614. The van der Waals surface area contributed by atoms with Crippen LogP contribution in [0, 0.1) is 0 Å². The number of alkyl halides is 3. The highest BCUT2D eigenvalue weighted by molar-refractivity contribution is 9.10. The highest BCUT2D eigenvalue weighted by Crippen LogP contribution is 2.33. The molecule has 0 heterocycles. The zero-order chi connectivity index (χ0) is 15.3. The van der Waals surface area contributed by atoms with Crippen LogP contribution in [-0.4, -0.2) is 19.6 Å². The highest BCUT2D eigenvalue weighted by Gasteiger charge is 2.30. The van der Waals surface area contributed by atoms with Crippen molar-refractivity contribution in [1.82, 2.24) is 0 Å². The zero-order valence-corrected chi connectivity index (χ0v) is 12.4. The van der Waals surface area contributed by atoms with Gasteiger partial charge in [0.1, 0.15) is 0 Å². The second-order valence-corrected chi connectivity index (χ2v) is 4.81. The van der Waals surface area contributed by atoms with Gasteiger partial charge in [-0.2, -0.15) is 13.2 Å². The van der Waals surface area contributed by atoms with Crippen LogP contribution in [-0.2, 0) is 15.7 Å². The standard InChI is InChI=1S/C13H13BrF3NO2/c1-8(12(19)20-2)5-6-18-11-7-9(13(15,16)17)3-4-10(11)14/h3-5,7,18H,6H2,1-2H3/b8-5+. The second kappa shape index (κ2) is 6.78. The van der Waals surface area contributed by atoms with Gasteiger partial charge in [0.25, 0.3) is 0 Å². The Bertz CT molecular complexity index is 527. The third kappa shape index (κ3) is 4.56. The molecule has 0 aliphatic carbocycles. The van der Waals surface area contributed by atoms with Crippen molar-refractivity contribution in [3.8, 4) is 0 Å². The van der Waals surface area contributed by atoms with Crippen LogP contribution in [0.5, 0.6) is 0 Å². The van der Waals surface area contributed by atoms with Crippen LogP contribution in [0.2, 0.25) is 0 Å². The van der Waals surface area contributed by atoms with Gasteiger partial charge < -0.3 is 10.1 Å². The lowest BCUT2D eigenvalue weighted by Gasteiger charge is -2.11. The SMILES string of the molecule is COC(=O)/C(C)=C/CNc1cc(C(F)(F)F)ccc1Br. The molecular weight excluding hydrogens is 339 g/mol. The van der Waals surface area contributed by atoms with E-state index in [-0.39, 0.29) is 6.54 Å². The first-order valence-corrected chi connectivity index (χ1v) is 6.40. The number of esters is 1. The predicted octanol–water partition coefficient (Wildman–Crippen LogP) is 4.00. The van der Waals surface area contributed by atoms with Gasteiger partial charge in [-0.1, -0.05) is 6.08 Å². The molecule has 0 radical (unpaired) electrons. The quantitative estimate of drug-likeness (QED) is 0.658. The van der Waals surface area contributed by atoms with Gasteiger partial charge >= 0.3 is 12.1 Å². The molecule has 110 valence electrons. The molecular formula is C13H13BrF3NO2. The molecule has 0 aromatic heterocycles. The van der Waals surface area contributed by atoms with Gasteiger partial charge in [-0.15, -0.1) is 0 Å². The molecule has 0 aliphatic heterocycles. The van der Waals surface area contributed by atoms with Gasteiger partial charge in [0, 0.05) is 22.3 Å². The van der Waals surface area contributed by atoms with Gasteiger partial charge in [0.2, 0.25) is 0 Å². The van der Waals surface area contributed by atoms with E-state index < -0.39 is 17.7 Å². The summed E-state index contributed by atoms with van der Waals surface area (Å²) in [4.78, 5) is 11.1. The van der Waals surface area contributed by atoms with Gasteiger partial charge in [-0.05, 0) is 41.1 Å². The fraction of sp³-hybridized carbons (Fsp3) is 0.308. The second-order valence-electron chi connectivity index (χ2n) is 3.95. The molecule has 0 atom stereocenters. The van der Waals surface area contributed by atoms with E-state index in [4.69, 9.17) is 0 Å². The van der Waals surface area contributed by atoms with Crippen LogP contribution >= 0.6 is 15.9 Å². The van der Waals surface area contributed by atoms with Crippen LogP contribution < -0.4 is 5.32 Å². The molecule has 0 spiro atoms. The number of carbonyl (C=O) groups excluding carboxylic acids is 1. The number of nitrogens with one attached hydrogen (secondary N) is 1. The van der Waals surface area contributed by atoms with Gasteiger partial charge in [0.15, 0.2) is 0 Å². The lowest BCUT2D eigenvalue weighted by atomic mass is 10.2. The first-order chi connectivity index (χ1) is 9.25. The topological polar surface area (TPSA) is 38.3 Å². The Labute approximate surface area is 122 Å². The molecule has 20 heavy (non-hydrogen) atoms. The number of ether oxygens (including phenoxy) is 1. The first-order valence-electron chi connectivity index (χ1n) is 5.61. The van der Waals surface area contributed by atoms with Gasteiger partial charge in [-0.3, -0.25) is 0 Å². The van der Waals surface area contributed by atoms with E-state index >= 15 is 0 Å². The van der Waals surface area contributed by atoms with Crippen molar-refractivity contribution in [1.29, 1.82) is 0 Å². The molecule has 1 N–H and O–H groups in total. The number of halogens is 4. The molecule has 0 fully saturated rings. The number of rotatable bonds is 4. The summed E-state index contributed by atoms with van der Waals surface area (Å²) in [5, 5.41) is 2.80. The van der Waals surface area contributed by atoms with E-state index in [9.17, 15) is 18.0 Å². The van der Waals surface area contributed by atoms with Crippen molar-refractivity contribution in [3.05, 3.63) is 39.9 Å². The summed E-state index contributed by atoms with van der Waals surface area (Å²) in [6, 6.07) is 3.32. The number of methoxy groups -OCH3 is 1. The Kier molecular flexibility index (Phi) is 5.62. The number of benzene rings is 1. The smallest absolute Gasteiger partial charge is 0.416 e. The van der Waals surface area contributed by atoms with Crippen LogP contribution in [0.25, 0.3) is 0 Å².